The number of fused-ring (bicyclic) bond motifs is 1. The highest BCUT2D eigenvalue weighted by Gasteiger charge is 2.24. The van der Waals surface area contributed by atoms with Crippen molar-refractivity contribution < 1.29 is 4.79 Å². The topological polar surface area (TPSA) is 55.2 Å². The largest absolute Gasteiger partial charge is 0.334 e. The normalized spacial score (nSPS) is 11.2. The van der Waals surface area contributed by atoms with Gasteiger partial charge in [-0.2, -0.15) is 0 Å². The quantitative estimate of drug-likeness (QED) is 0.334. The standard InChI is InChI=1S/C23H21N3O2S2/c1-25(20(16-9-5-3-6-10-16)17-11-7-4-8-12-17)19(27)15-30-23-24-21-18(13-14-29-21)22(28)26(23)2/h3-14,20H,15H2,1-2H3. The Kier molecular flexibility index (Phi) is 6.01. The smallest absolute Gasteiger partial charge is 0.262 e. The minimum Gasteiger partial charge on any atom is -0.334 e. The number of thiophene rings is 1. The average Bonchev–Trinajstić information content (AvgIpc) is 3.25. The molecule has 7 heteroatoms. The van der Waals surface area contributed by atoms with Gasteiger partial charge in [0.05, 0.1) is 17.2 Å². The number of nitrogens with zero attached hydrogens (tertiary/aromatic N) is 3. The molecule has 30 heavy (non-hydrogen) atoms. The zero-order chi connectivity index (χ0) is 21.1. The Hall–Kier alpha value is -2.90. The molecule has 4 rings (SSSR count). The number of rotatable bonds is 6. The fourth-order valence-electron chi connectivity index (χ4n) is 3.39. The van der Waals surface area contributed by atoms with E-state index in [1.54, 1.807) is 18.0 Å². The number of carbonyl (C=O) groups is 1. The van der Waals surface area contributed by atoms with E-state index in [2.05, 4.69) is 4.98 Å². The van der Waals surface area contributed by atoms with E-state index in [9.17, 15) is 9.59 Å². The Bertz CT molecular complexity index is 1180. The lowest BCUT2D eigenvalue weighted by atomic mass is 9.97. The third-order valence-corrected chi connectivity index (χ3v) is 6.82. The molecule has 2 aromatic heterocycles. The fourth-order valence-corrected chi connectivity index (χ4v) is 5.09. The molecule has 0 aliphatic heterocycles. The highest BCUT2D eigenvalue weighted by Crippen LogP contribution is 2.29. The van der Waals surface area contributed by atoms with Gasteiger partial charge < -0.3 is 4.90 Å². The molecule has 5 nitrogen and oxygen atoms in total. The Balaban J connectivity index is 1.57. The molecule has 0 saturated heterocycles. The summed E-state index contributed by atoms with van der Waals surface area (Å²) in [5, 5.41) is 3.02. The third kappa shape index (κ3) is 4.04. The van der Waals surface area contributed by atoms with E-state index in [-0.39, 0.29) is 23.3 Å². The van der Waals surface area contributed by atoms with Gasteiger partial charge in [-0.15, -0.1) is 11.3 Å². The summed E-state index contributed by atoms with van der Waals surface area (Å²) in [7, 11) is 3.52. The van der Waals surface area contributed by atoms with Gasteiger partial charge in [0.1, 0.15) is 4.83 Å². The summed E-state index contributed by atoms with van der Waals surface area (Å²) >= 11 is 2.72. The molecular weight excluding hydrogens is 414 g/mol. The van der Waals surface area contributed by atoms with Crippen molar-refractivity contribution >= 4 is 39.2 Å². The second kappa shape index (κ2) is 8.85. The van der Waals surface area contributed by atoms with Crippen LogP contribution >= 0.6 is 23.1 Å². The first-order valence-electron chi connectivity index (χ1n) is 9.49. The van der Waals surface area contributed by atoms with E-state index in [0.29, 0.717) is 15.4 Å². The number of thioether (sulfide) groups is 1. The average molecular weight is 436 g/mol. The summed E-state index contributed by atoms with van der Waals surface area (Å²) in [6.07, 6.45) is 0. The molecule has 4 aromatic rings. The predicted octanol–water partition coefficient (Wildman–Crippen LogP) is 4.34. The molecule has 0 unspecified atom stereocenters. The Labute approximate surface area is 183 Å². The molecule has 2 heterocycles. The molecule has 0 aliphatic carbocycles. The molecule has 1 amide bonds. The Morgan fingerprint density at radius 1 is 1.07 bits per heavy atom. The van der Waals surface area contributed by atoms with Gasteiger partial charge in [-0.1, -0.05) is 72.4 Å². The van der Waals surface area contributed by atoms with Crippen LogP contribution in [0.25, 0.3) is 10.2 Å². The van der Waals surface area contributed by atoms with Crippen molar-refractivity contribution in [3.8, 4) is 0 Å². The lowest BCUT2D eigenvalue weighted by Gasteiger charge is -2.29. The van der Waals surface area contributed by atoms with Gasteiger partial charge in [0.25, 0.3) is 5.56 Å². The van der Waals surface area contributed by atoms with Crippen LogP contribution < -0.4 is 5.56 Å². The number of hydrogen-bond donors (Lipinski definition) is 0. The van der Waals surface area contributed by atoms with Crippen molar-refractivity contribution in [1.82, 2.24) is 14.5 Å². The maximum absolute atomic E-state index is 13.1. The van der Waals surface area contributed by atoms with Crippen LogP contribution in [0, 0.1) is 0 Å². The fraction of sp³-hybridized carbons (Fsp3) is 0.174. The van der Waals surface area contributed by atoms with Crippen molar-refractivity contribution in [2.24, 2.45) is 7.05 Å². The molecule has 0 fully saturated rings. The number of aromatic nitrogens is 2. The molecule has 152 valence electrons. The summed E-state index contributed by atoms with van der Waals surface area (Å²) in [4.78, 5) is 32.6. The maximum atomic E-state index is 13.1. The van der Waals surface area contributed by atoms with Crippen molar-refractivity contribution in [3.05, 3.63) is 93.6 Å². The highest BCUT2D eigenvalue weighted by atomic mass is 32.2. The minimum absolute atomic E-state index is 0.0294. The van der Waals surface area contributed by atoms with Crippen LogP contribution in [0.2, 0.25) is 0 Å². The van der Waals surface area contributed by atoms with Gasteiger partial charge in [0.15, 0.2) is 5.16 Å². The monoisotopic (exact) mass is 435 g/mol. The van der Waals surface area contributed by atoms with Gasteiger partial charge in [-0.05, 0) is 22.6 Å². The van der Waals surface area contributed by atoms with Crippen molar-refractivity contribution in [2.45, 2.75) is 11.2 Å². The van der Waals surface area contributed by atoms with E-state index >= 15 is 0 Å². The summed E-state index contributed by atoms with van der Waals surface area (Å²) in [6, 6.07) is 21.6. The van der Waals surface area contributed by atoms with Gasteiger partial charge in [0.2, 0.25) is 5.91 Å². The van der Waals surface area contributed by atoms with E-state index in [4.69, 9.17) is 0 Å². The van der Waals surface area contributed by atoms with Gasteiger partial charge in [0, 0.05) is 14.1 Å². The van der Waals surface area contributed by atoms with Crippen LogP contribution in [0.5, 0.6) is 0 Å². The van der Waals surface area contributed by atoms with Crippen LogP contribution in [0.4, 0.5) is 0 Å². The van der Waals surface area contributed by atoms with Gasteiger partial charge in [-0.25, -0.2) is 4.98 Å². The number of hydrogen-bond acceptors (Lipinski definition) is 5. The van der Waals surface area contributed by atoms with Crippen molar-refractivity contribution in [1.29, 1.82) is 0 Å². The Morgan fingerprint density at radius 3 is 2.27 bits per heavy atom. The lowest BCUT2D eigenvalue weighted by molar-refractivity contribution is -0.128. The summed E-state index contributed by atoms with van der Waals surface area (Å²) < 4.78 is 1.51. The summed E-state index contributed by atoms with van der Waals surface area (Å²) in [5.74, 6) is 0.169. The summed E-state index contributed by atoms with van der Waals surface area (Å²) in [6.45, 7) is 0. The molecule has 0 N–H and O–H groups in total. The van der Waals surface area contributed by atoms with Gasteiger partial charge in [-0.3, -0.25) is 14.2 Å². The Morgan fingerprint density at radius 2 is 1.67 bits per heavy atom. The van der Waals surface area contributed by atoms with E-state index in [0.717, 1.165) is 11.1 Å². The van der Waals surface area contributed by atoms with Gasteiger partial charge >= 0.3 is 0 Å². The summed E-state index contributed by atoms with van der Waals surface area (Å²) in [5.41, 5.74) is 2.01. The molecule has 0 bridgehead atoms. The predicted molar refractivity (Wildman–Crippen MR) is 123 cm³/mol. The van der Waals surface area contributed by atoms with Crippen molar-refractivity contribution in [2.75, 3.05) is 12.8 Å². The molecule has 0 spiro atoms. The molecule has 0 radical (unpaired) electrons. The first-order chi connectivity index (χ1) is 14.6. The number of carbonyl (C=O) groups excluding carboxylic acids is 1. The zero-order valence-corrected chi connectivity index (χ0v) is 18.3. The number of amides is 1. The van der Waals surface area contributed by atoms with Crippen LogP contribution in [-0.4, -0.2) is 33.2 Å². The second-order valence-electron chi connectivity index (χ2n) is 6.92. The SMILES string of the molecule is CN(C(=O)CSc1nc2sccc2c(=O)n1C)C(c1ccccc1)c1ccccc1. The van der Waals surface area contributed by atoms with E-state index in [1.165, 1.54) is 27.7 Å². The molecule has 0 atom stereocenters. The zero-order valence-electron chi connectivity index (χ0n) is 16.7. The van der Waals surface area contributed by atoms with E-state index in [1.807, 2.05) is 73.1 Å². The molecule has 0 aliphatic rings. The minimum atomic E-state index is -0.183. The van der Waals surface area contributed by atoms with Crippen LogP contribution in [0.15, 0.2) is 82.1 Å². The molecule has 0 saturated carbocycles. The first kappa shape index (κ1) is 20.4. The second-order valence-corrected chi connectivity index (χ2v) is 8.75. The maximum Gasteiger partial charge on any atom is 0.262 e. The number of benzene rings is 2. The molecular formula is C23H21N3O2S2. The van der Waals surface area contributed by atoms with Crippen molar-refractivity contribution in [3.63, 3.8) is 0 Å². The first-order valence-corrected chi connectivity index (χ1v) is 11.4. The van der Waals surface area contributed by atoms with E-state index < -0.39 is 0 Å². The van der Waals surface area contributed by atoms with Crippen LogP contribution in [-0.2, 0) is 11.8 Å². The van der Waals surface area contributed by atoms with Crippen LogP contribution in [0.1, 0.15) is 17.2 Å². The lowest BCUT2D eigenvalue weighted by Crippen LogP contribution is -2.33. The van der Waals surface area contributed by atoms with Crippen LogP contribution in [0.3, 0.4) is 0 Å². The third-order valence-electron chi connectivity index (χ3n) is 5.00. The highest BCUT2D eigenvalue weighted by molar-refractivity contribution is 7.99. The molecule has 2 aromatic carbocycles.